The zero-order valence-electron chi connectivity index (χ0n) is 15.6. The standard InChI is InChI=1S/C20H26FN5O/c1-2-22-20(24-14-16-6-3-4-8-18(16)21)25-15-17-7-5-9-23-19(17)26-10-12-27-13-11-26/h3-9H,2,10-15H2,1H3,(H2,22,24,25). The van der Waals surface area contributed by atoms with Crippen LogP contribution in [0.5, 0.6) is 0 Å². The fourth-order valence-corrected chi connectivity index (χ4v) is 2.94. The number of ether oxygens (including phenoxy) is 1. The summed E-state index contributed by atoms with van der Waals surface area (Å²) < 4.78 is 19.2. The van der Waals surface area contributed by atoms with E-state index in [1.807, 2.05) is 25.1 Å². The van der Waals surface area contributed by atoms with Crippen molar-refractivity contribution in [3.05, 3.63) is 59.5 Å². The molecule has 0 bridgehead atoms. The van der Waals surface area contributed by atoms with Gasteiger partial charge in [0.1, 0.15) is 11.6 Å². The molecule has 0 saturated carbocycles. The molecule has 0 spiro atoms. The maximum atomic E-state index is 13.8. The molecule has 27 heavy (non-hydrogen) atoms. The minimum atomic E-state index is -0.220. The molecule has 2 N–H and O–H groups in total. The van der Waals surface area contributed by atoms with Gasteiger partial charge in [-0.3, -0.25) is 0 Å². The lowest BCUT2D eigenvalue weighted by Crippen LogP contribution is -2.38. The normalized spacial score (nSPS) is 14.9. The number of hydrogen-bond acceptors (Lipinski definition) is 4. The first kappa shape index (κ1) is 19.1. The zero-order chi connectivity index (χ0) is 18.9. The fourth-order valence-electron chi connectivity index (χ4n) is 2.94. The van der Waals surface area contributed by atoms with Crippen LogP contribution in [0.4, 0.5) is 10.2 Å². The maximum Gasteiger partial charge on any atom is 0.191 e. The minimum absolute atomic E-state index is 0.220. The summed E-state index contributed by atoms with van der Waals surface area (Å²) in [5.74, 6) is 1.38. The van der Waals surface area contributed by atoms with Crippen LogP contribution >= 0.6 is 0 Å². The Morgan fingerprint density at radius 1 is 1.15 bits per heavy atom. The Hall–Kier alpha value is -2.67. The van der Waals surface area contributed by atoms with E-state index < -0.39 is 0 Å². The summed E-state index contributed by atoms with van der Waals surface area (Å²) in [6.45, 7) is 6.70. The van der Waals surface area contributed by atoms with Crippen LogP contribution in [0.1, 0.15) is 18.1 Å². The fraction of sp³-hybridized carbons (Fsp3) is 0.400. The third-order valence-electron chi connectivity index (χ3n) is 4.33. The molecule has 144 valence electrons. The molecule has 0 amide bonds. The van der Waals surface area contributed by atoms with E-state index >= 15 is 0 Å². The number of benzene rings is 1. The van der Waals surface area contributed by atoms with E-state index in [-0.39, 0.29) is 5.82 Å². The van der Waals surface area contributed by atoms with E-state index in [0.29, 0.717) is 37.8 Å². The average molecular weight is 371 g/mol. The van der Waals surface area contributed by atoms with Crippen molar-refractivity contribution in [2.45, 2.75) is 20.0 Å². The summed E-state index contributed by atoms with van der Waals surface area (Å²) in [4.78, 5) is 11.4. The smallest absolute Gasteiger partial charge is 0.191 e. The van der Waals surface area contributed by atoms with E-state index in [2.05, 4.69) is 25.5 Å². The summed E-state index contributed by atoms with van der Waals surface area (Å²) >= 11 is 0. The van der Waals surface area contributed by atoms with Gasteiger partial charge in [-0.15, -0.1) is 0 Å². The number of nitrogens with one attached hydrogen (secondary N) is 2. The third kappa shape index (κ3) is 5.40. The molecule has 1 aromatic carbocycles. The molecule has 3 rings (SSSR count). The number of nitrogens with zero attached hydrogens (tertiary/aromatic N) is 3. The summed E-state index contributed by atoms with van der Waals surface area (Å²) in [5, 5.41) is 6.40. The lowest BCUT2D eigenvalue weighted by molar-refractivity contribution is 0.122. The quantitative estimate of drug-likeness (QED) is 0.603. The van der Waals surface area contributed by atoms with Crippen molar-refractivity contribution in [1.29, 1.82) is 0 Å². The van der Waals surface area contributed by atoms with Crippen LogP contribution in [0.2, 0.25) is 0 Å². The van der Waals surface area contributed by atoms with Crippen LogP contribution in [0, 0.1) is 5.82 Å². The van der Waals surface area contributed by atoms with Crippen molar-refractivity contribution in [2.24, 2.45) is 4.99 Å². The second kappa shape index (κ2) is 9.87. The van der Waals surface area contributed by atoms with Gasteiger partial charge in [0.25, 0.3) is 0 Å². The SMILES string of the molecule is CCNC(=NCc1cccnc1N1CCOCC1)NCc1ccccc1F. The lowest BCUT2D eigenvalue weighted by atomic mass is 10.2. The van der Waals surface area contributed by atoms with Gasteiger partial charge in [0.2, 0.25) is 0 Å². The molecule has 1 aliphatic rings. The highest BCUT2D eigenvalue weighted by Gasteiger charge is 2.15. The second-order valence-electron chi connectivity index (χ2n) is 6.23. The summed E-state index contributed by atoms with van der Waals surface area (Å²) in [6.07, 6.45) is 1.81. The Morgan fingerprint density at radius 2 is 1.93 bits per heavy atom. The first-order valence-electron chi connectivity index (χ1n) is 9.30. The Kier molecular flexibility index (Phi) is 6.98. The molecular weight excluding hydrogens is 345 g/mol. The van der Waals surface area contributed by atoms with Crippen molar-refractivity contribution >= 4 is 11.8 Å². The highest BCUT2D eigenvalue weighted by atomic mass is 19.1. The van der Waals surface area contributed by atoms with Crippen LogP contribution in [-0.4, -0.2) is 43.8 Å². The Bertz CT molecular complexity index is 762. The Labute approximate surface area is 159 Å². The molecule has 6 nitrogen and oxygen atoms in total. The topological polar surface area (TPSA) is 61.8 Å². The molecule has 1 saturated heterocycles. The molecular formula is C20H26FN5O. The highest BCUT2D eigenvalue weighted by molar-refractivity contribution is 5.79. The van der Waals surface area contributed by atoms with Crippen LogP contribution in [0.3, 0.4) is 0 Å². The monoisotopic (exact) mass is 371 g/mol. The first-order valence-corrected chi connectivity index (χ1v) is 9.30. The van der Waals surface area contributed by atoms with Gasteiger partial charge in [-0.2, -0.15) is 0 Å². The van der Waals surface area contributed by atoms with E-state index in [1.165, 1.54) is 6.07 Å². The number of morpholine rings is 1. The third-order valence-corrected chi connectivity index (χ3v) is 4.33. The molecule has 2 heterocycles. The van der Waals surface area contributed by atoms with E-state index in [1.54, 1.807) is 18.3 Å². The molecule has 0 radical (unpaired) electrons. The van der Waals surface area contributed by atoms with Crippen molar-refractivity contribution in [1.82, 2.24) is 15.6 Å². The number of anilines is 1. The average Bonchev–Trinajstić information content (AvgIpc) is 2.72. The molecule has 2 aromatic rings. The van der Waals surface area contributed by atoms with Gasteiger partial charge >= 0.3 is 0 Å². The number of rotatable bonds is 6. The van der Waals surface area contributed by atoms with Crippen LogP contribution in [0.25, 0.3) is 0 Å². The zero-order valence-corrected chi connectivity index (χ0v) is 15.6. The molecule has 0 aliphatic carbocycles. The number of halogens is 1. The van der Waals surface area contributed by atoms with Crippen LogP contribution in [-0.2, 0) is 17.8 Å². The van der Waals surface area contributed by atoms with Gasteiger partial charge in [-0.05, 0) is 19.1 Å². The maximum absolute atomic E-state index is 13.8. The predicted molar refractivity (Wildman–Crippen MR) is 105 cm³/mol. The molecule has 7 heteroatoms. The summed E-state index contributed by atoms with van der Waals surface area (Å²) in [7, 11) is 0. The van der Waals surface area contributed by atoms with Gasteiger partial charge in [0.05, 0.1) is 19.8 Å². The number of hydrogen-bond donors (Lipinski definition) is 2. The predicted octanol–water partition coefficient (Wildman–Crippen LogP) is 2.31. The van der Waals surface area contributed by atoms with Gasteiger partial charge in [-0.1, -0.05) is 24.3 Å². The van der Waals surface area contributed by atoms with Gasteiger partial charge in [-0.25, -0.2) is 14.4 Å². The van der Waals surface area contributed by atoms with Crippen LogP contribution in [0.15, 0.2) is 47.6 Å². The van der Waals surface area contributed by atoms with Crippen LogP contribution < -0.4 is 15.5 Å². The van der Waals surface area contributed by atoms with E-state index in [0.717, 1.165) is 31.0 Å². The Morgan fingerprint density at radius 3 is 2.70 bits per heavy atom. The largest absolute Gasteiger partial charge is 0.378 e. The number of aromatic nitrogens is 1. The lowest BCUT2D eigenvalue weighted by Gasteiger charge is -2.29. The van der Waals surface area contributed by atoms with Crippen molar-refractivity contribution < 1.29 is 9.13 Å². The summed E-state index contributed by atoms with van der Waals surface area (Å²) in [6, 6.07) is 10.7. The Balaban J connectivity index is 1.69. The molecule has 1 aliphatic heterocycles. The van der Waals surface area contributed by atoms with E-state index in [4.69, 9.17) is 4.74 Å². The molecule has 0 atom stereocenters. The van der Waals surface area contributed by atoms with Crippen molar-refractivity contribution in [2.75, 3.05) is 37.7 Å². The van der Waals surface area contributed by atoms with Crippen molar-refractivity contribution in [3.63, 3.8) is 0 Å². The van der Waals surface area contributed by atoms with Gasteiger partial charge in [0, 0.05) is 43.5 Å². The first-order chi connectivity index (χ1) is 13.3. The number of guanidine groups is 1. The minimum Gasteiger partial charge on any atom is -0.378 e. The highest BCUT2D eigenvalue weighted by Crippen LogP contribution is 2.19. The second-order valence-corrected chi connectivity index (χ2v) is 6.23. The summed E-state index contributed by atoms with van der Waals surface area (Å²) in [5.41, 5.74) is 1.67. The van der Waals surface area contributed by atoms with Gasteiger partial charge < -0.3 is 20.3 Å². The number of aliphatic imine (C=N–C) groups is 1. The molecule has 1 aromatic heterocycles. The van der Waals surface area contributed by atoms with Gasteiger partial charge in [0.15, 0.2) is 5.96 Å². The van der Waals surface area contributed by atoms with Crippen molar-refractivity contribution in [3.8, 4) is 0 Å². The molecule has 1 fully saturated rings. The number of pyridine rings is 1. The van der Waals surface area contributed by atoms with E-state index in [9.17, 15) is 4.39 Å². The molecule has 0 unspecified atom stereocenters.